The predicted octanol–water partition coefficient (Wildman–Crippen LogP) is 0.277. The van der Waals surface area contributed by atoms with Gasteiger partial charge in [0.2, 0.25) is 10.4 Å². The van der Waals surface area contributed by atoms with Crippen LogP contribution in [0.3, 0.4) is 0 Å². The van der Waals surface area contributed by atoms with Gasteiger partial charge in [-0.05, 0) is 19.3 Å². The van der Waals surface area contributed by atoms with E-state index in [0.717, 1.165) is 6.42 Å². The lowest BCUT2D eigenvalue weighted by Crippen LogP contribution is -2.18. The largest absolute Gasteiger partial charge is 0.726 e. The van der Waals surface area contributed by atoms with E-state index >= 15 is 0 Å². The van der Waals surface area contributed by atoms with E-state index in [4.69, 9.17) is 4.74 Å². The highest BCUT2D eigenvalue weighted by atomic mass is 32.3. The molecule has 13 heavy (non-hydrogen) atoms. The summed E-state index contributed by atoms with van der Waals surface area (Å²) in [6.07, 6.45) is 0.563. The summed E-state index contributed by atoms with van der Waals surface area (Å²) < 4.78 is 39.8. The van der Waals surface area contributed by atoms with Gasteiger partial charge in [-0.1, -0.05) is 6.92 Å². The minimum absolute atomic E-state index is 0.1000. The molecule has 5 nitrogen and oxygen atoms in total. The highest BCUT2D eigenvalue weighted by Crippen LogP contribution is 2.25. The van der Waals surface area contributed by atoms with Crippen molar-refractivity contribution in [1.82, 2.24) is 0 Å². The van der Waals surface area contributed by atoms with Crippen molar-refractivity contribution in [3.8, 4) is 0 Å². The monoisotopic (exact) mass is 209 g/mol. The summed E-state index contributed by atoms with van der Waals surface area (Å²) >= 11 is 0. The van der Waals surface area contributed by atoms with Crippen LogP contribution in [0.1, 0.15) is 20.3 Å². The molecule has 6 heteroatoms. The van der Waals surface area contributed by atoms with Crippen molar-refractivity contribution in [3.05, 3.63) is 0 Å². The summed E-state index contributed by atoms with van der Waals surface area (Å²) in [5.74, 6) is 0.378. The first-order valence-electron chi connectivity index (χ1n) is 4.14. The summed E-state index contributed by atoms with van der Waals surface area (Å²) in [7, 11) is -4.58. The fraction of sp³-hybridized carbons (Fsp3) is 1.00. The molecule has 1 aliphatic rings. The van der Waals surface area contributed by atoms with Gasteiger partial charge in [-0.15, -0.1) is 0 Å². The van der Waals surface area contributed by atoms with E-state index in [1.807, 2.05) is 13.8 Å². The molecule has 1 rings (SSSR count). The number of rotatable bonds is 3. The minimum atomic E-state index is -4.58. The van der Waals surface area contributed by atoms with E-state index < -0.39 is 10.4 Å². The molecule has 1 heterocycles. The fourth-order valence-electron chi connectivity index (χ4n) is 1.37. The molecule has 0 aromatic heterocycles. The molecule has 0 amide bonds. The zero-order valence-electron chi connectivity index (χ0n) is 7.60. The second-order valence-corrected chi connectivity index (χ2v) is 4.42. The SMILES string of the molecule is CC1CC(COS(=O)(=O)[O-])OC1C. The summed E-state index contributed by atoms with van der Waals surface area (Å²) in [6, 6.07) is 0. The van der Waals surface area contributed by atoms with Crippen LogP contribution < -0.4 is 0 Å². The Bertz CT molecular complexity index is 250. The normalized spacial score (nSPS) is 35.2. The van der Waals surface area contributed by atoms with Crippen molar-refractivity contribution in [1.29, 1.82) is 0 Å². The van der Waals surface area contributed by atoms with Crippen LogP contribution in [-0.4, -0.2) is 31.8 Å². The van der Waals surface area contributed by atoms with Gasteiger partial charge in [0.1, 0.15) is 0 Å². The quantitative estimate of drug-likeness (QED) is 0.493. The van der Waals surface area contributed by atoms with Crippen LogP contribution in [0.5, 0.6) is 0 Å². The molecule has 0 N–H and O–H groups in total. The van der Waals surface area contributed by atoms with Gasteiger partial charge < -0.3 is 9.29 Å². The molecule has 0 saturated carbocycles. The minimum Gasteiger partial charge on any atom is -0.726 e. The van der Waals surface area contributed by atoms with Gasteiger partial charge in [0, 0.05) is 0 Å². The van der Waals surface area contributed by atoms with Crippen molar-refractivity contribution in [2.45, 2.75) is 32.5 Å². The van der Waals surface area contributed by atoms with Gasteiger partial charge in [0.15, 0.2) is 0 Å². The zero-order valence-corrected chi connectivity index (χ0v) is 8.41. The first-order valence-corrected chi connectivity index (χ1v) is 5.47. The summed E-state index contributed by atoms with van der Waals surface area (Å²) in [6.45, 7) is 3.76. The lowest BCUT2D eigenvalue weighted by molar-refractivity contribution is 0.0197. The standard InChI is InChI=1S/C7H14O5S/c1-5-3-7(12-6(5)2)4-11-13(8,9)10/h5-7H,3-4H2,1-2H3,(H,8,9,10)/p-1. The average molecular weight is 209 g/mol. The Morgan fingerprint density at radius 2 is 2.15 bits per heavy atom. The highest BCUT2D eigenvalue weighted by Gasteiger charge is 2.29. The molecule has 3 atom stereocenters. The molecule has 0 aromatic rings. The van der Waals surface area contributed by atoms with Gasteiger partial charge in [0.05, 0.1) is 18.8 Å². The molecule has 0 spiro atoms. The Morgan fingerprint density at radius 3 is 2.54 bits per heavy atom. The van der Waals surface area contributed by atoms with Crippen LogP contribution in [-0.2, 0) is 19.3 Å². The molecule has 78 valence electrons. The third kappa shape index (κ3) is 3.60. The molecule has 1 fully saturated rings. The number of hydrogen-bond donors (Lipinski definition) is 0. The third-order valence-corrected chi connectivity index (χ3v) is 2.67. The molecule has 1 aliphatic heterocycles. The Hall–Kier alpha value is -0.170. The summed E-state index contributed by atoms with van der Waals surface area (Å²) in [5.41, 5.74) is 0. The first kappa shape index (κ1) is 10.9. The Labute approximate surface area is 78.0 Å². The number of hydrogen-bond acceptors (Lipinski definition) is 5. The molecule has 0 aromatic carbocycles. The van der Waals surface area contributed by atoms with Crippen molar-refractivity contribution in [3.63, 3.8) is 0 Å². The fourth-order valence-corrected chi connectivity index (χ4v) is 1.68. The molecule has 0 bridgehead atoms. The van der Waals surface area contributed by atoms with Crippen LogP contribution in [0.25, 0.3) is 0 Å². The first-order chi connectivity index (χ1) is 5.88. The van der Waals surface area contributed by atoms with E-state index in [0.29, 0.717) is 5.92 Å². The zero-order chi connectivity index (χ0) is 10.1. The second kappa shape index (κ2) is 3.91. The number of ether oxygens (including phenoxy) is 1. The van der Waals surface area contributed by atoms with E-state index in [2.05, 4.69) is 4.18 Å². The smallest absolute Gasteiger partial charge is 0.217 e. The maximum atomic E-state index is 10.1. The van der Waals surface area contributed by atoms with Gasteiger partial charge in [-0.2, -0.15) is 0 Å². The van der Waals surface area contributed by atoms with Crippen LogP contribution in [0.15, 0.2) is 0 Å². The van der Waals surface area contributed by atoms with Crippen molar-refractivity contribution >= 4 is 10.4 Å². The molecule has 3 unspecified atom stereocenters. The average Bonchev–Trinajstić information content (AvgIpc) is 2.27. The highest BCUT2D eigenvalue weighted by molar-refractivity contribution is 7.80. The van der Waals surface area contributed by atoms with E-state index in [1.54, 1.807) is 0 Å². The molecule has 1 saturated heterocycles. The van der Waals surface area contributed by atoms with E-state index in [9.17, 15) is 13.0 Å². The molecule has 0 aliphatic carbocycles. The van der Waals surface area contributed by atoms with Crippen LogP contribution >= 0.6 is 0 Å². The van der Waals surface area contributed by atoms with Crippen LogP contribution in [0.4, 0.5) is 0 Å². The van der Waals surface area contributed by atoms with Crippen LogP contribution in [0, 0.1) is 5.92 Å². The van der Waals surface area contributed by atoms with Gasteiger partial charge in [0.25, 0.3) is 0 Å². The van der Waals surface area contributed by atoms with Gasteiger partial charge in [-0.3, -0.25) is 4.18 Å². The van der Waals surface area contributed by atoms with Crippen molar-refractivity contribution in [2.75, 3.05) is 6.61 Å². The summed E-state index contributed by atoms with van der Waals surface area (Å²) in [5, 5.41) is 0. The summed E-state index contributed by atoms with van der Waals surface area (Å²) in [4.78, 5) is 0. The van der Waals surface area contributed by atoms with Gasteiger partial charge >= 0.3 is 0 Å². The maximum Gasteiger partial charge on any atom is 0.217 e. The molecular formula is C7H13O5S-. The second-order valence-electron chi connectivity index (χ2n) is 3.37. The molecular weight excluding hydrogens is 196 g/mol. The van der Waals surface area contributed by atoms with Gasteiger partial charge in [-0.25, -0.2) is 8.42 Å². The Balaban J connectivity index is 2.33. The third-order valence-electron chi connectivity index (χ3n) is 2.24. The predicted molar refractivity (Wildman–Crippen MR) is 43.8 cm³/mol. The molecule has 0 radical (unpaired) electrons. The van der Waals surface area contributed by atoms with Crippen LogP contribution in [0.2, 0.25) is 0 Å². The topological polar surface area (TPSA) is 75.7 Å². The van der Waals surface area contributed by atoms with Crippen molar-refractivity contribution < 1.29 is 21.9 Å². The maximum absolute atomic E-state index is 10.1. The van der Waals surface area contributed by atoms with E-state index in [1.165, 1.54) is 0 Å². The Kier molecular flexibility index (Phi) is 3.28. The lowest BCUT2D eigenvalue weighted by Gasteiger charge is -2.12. The lowest BCUT2D eigenvalue weighted by atomic mass is 10.0. The van der Waals surface area contributed by atoms with E-state index in [-0.39, 0.29) is 18.8 Å². The Morgan fingerprint density at radius 1 is 1.54 bits per heavy atom. The van der Waals surface area contributed by atoms with Crippen molar-refractivity contribution in [2.24, 2.45) is 5.92 Å².